The molecule has 4 rings (SSSR count). The molecule has 198 valence electrons. The number of carbonyl (C=O) groups excluding carboxylic acids is 2. The van der Waals surface area contributed by atoms with Crippen LogP contribution in [-0.4, -0.2) is 39.8 Å². The standard InChI is InChI=1S/C30H37NO6/c1-3-8-20-16-24-28(30(36)31(29(24)35)21-9-6-5-7-10-21)25(18-33)27(20)26(34)14-11-19(4-2)15-22-12-13-23(17-32)37-22/h5-7,9-10,12-13,15,24-26,28,32-34H,3-4,8,11,14,16-18H2,1-2H3/b19-15+/t24-,25+,26-,28-/m1/s1. The molecule has 1 aromatic carbocycles. The number of nitrogens with zero attached hydrogens (tertiary/aromatic N) is 1. The largest absolute Gasteiger partial charge is 0.459 e. The number of hydrogen-bond donors (Lipinski definition) is 3. The average molecular weight is 508 g/mol. The molecule has 2 aliphatic rings. The van der Waals surface area contributed by atoms with Gasteiger partial charge in [-0.15, -0.1) is 0 Å². The van der Waals surface area contributed by atoms with E-state index in [0.717, 1.165) is 29.6 Å². The Balaban J connectivity index is 1.58. The summed E-state index contributed by atoms with van der Waals surface area (Å²) in [6.07, 6.45) is 4.93. The van der Waals surface area contributed by atoms with E-state index >= 15 is 0 Å². The second kappa shape index (κ2) is 12.0. The van der Waals surface area contributed by atoms with Crippen molar-refractivity contribution in [1.29, 1.82) is 0 Å². The number of anilines is 1. The molecular formula is C30H37NO6. The summed E-state index contributed by atoms with van der Waals surface area (Å²) in [4.78, 5) is 28.2. The maximum absolute atomic E-state index is 13.5. The first-order valence-electron chi connectivity index (χ1n) is 13.3. The van der Waals surface area contributed by atoms with Gasteiger partial charge < -0.3 is 19.7 Å². The normalized spacial score (nSPS) is 23.1. The van der Waals surface area contributed by atoms with Gasteiger partial charge in [-0.2, -0.15) is 0 Å². The van der Waals surface area contributed by atoms with Gasteiger partial charge in [-0.05, 0) is 68.0 Å². The molecule has 1 saturated heterocycles. The van der Waals surface area contributed by atoms with Crippen LogP contribution >= 0.6 is 0 Å². The van der Waals surface area contributed by atoms with Crippen molar-refractivity contribution in [3.63, 3.8) is 0 Å². The van der Waals surface area contributed by atoms with E-state index in [-0.39, 0.29) is 25.0 Å². The number of carbonyl (C=O) groups is 2. The van der Waals surface area contributed by atoms with Gasteiger partial charge in [0, 0.05) is 5.92 Å². The van der Waals surface area contributed by atoms with Gasteiger partial charge >= 0.3 is 0 Å². The summed E-state index contributed by atoms with van der Waals surface area (Å²) >= 11 is 0. The summed E-state index contributed by atoms with van der Waals surface area (Å²) in [6, 6.07) is 12.5. The second-order valence-electron chi connectivity index (χ2n) is 9.95. The van der Waals surface area contributed by atoms with Crippen molar-refractivity contribution < 1.29 is 29.3 Å². The molecule has 0 radical (unpaired) electrons. The van der Waals surface area contributed by atoms with Crippen LogP contribution in [0.3, 0.4) is 0 Å². The van der Waals surface area contributed by atoms with Gasteiger partial charge in [-0.1, -0.05) is 49.6 Å². The molecular weight excluding hydrogens is 470 g/mol. The highest BCUT2D eigenvalue weighted by molar-refractivity contribution is 6.22. The predicted octanol–water partition coefficient (Wildman–Crippen LogP) is 4.62. The molecule has 1 aromatic heterocycles. The number of aliphatic hydroxyl groups is 3. The number of rotatable bonds is 11. The first kappa shape index (κ1) is 27.0. The van der Waals surface area contributed by atoms with Gasteiger partial charge in [0.15, 0.2) is 0 Å². The van der Waals surface area contributed by atoms with E-state index in [2.05, 4.69) is 6.92 Å². The number of fused-ring (bicyclic) bond motifs is 1. The molecule has 7 nitrogen and oxygen atoms in total. The third kappa shape index (κ3) is 5.49. The molecule has 0 saturated carbocycles. The summed E-state index contributed by atoms with van der Waals surface area (Å²) < 4.78 is 5.58. The van der Waals surface area contributed by atoms with Crippen LogP contribution in [0.15, 0.2) is 63.6 Å². The van der Waals surface area contributed by atoms with E-state index in [1.165, 1.54) is 4.90 Å². The number of hydrogen-bond acceptors (Lipinski definition) is 6. The highest BCUT2D eigenvalue weighted by Crippen LogP contribution is 2.48. The van der Waals surface area contributed by atoms with E-state index in [1.54, 1.807) is 30.3 Å². The summed E-state index contributed by atoms with van der Waals surface area (Å²) in [6.45, 7) is 3.64. The topological polar surface area (TPSA) is 111 Å². The van der Waals surface area contributed by atoms with Crippen molar-refractivity contribution in [3.05, 3.63) is 70.7 Å². The molecule has 7 heteroatoms. The summed E-state index contributed by atoms with van der Waals surface area (Å²) in [5.41, 5.74) is 3.36. The van der Waals surface area contributed by atoms with Gasteiger partial charge in [0.05, 0.1) is 30.2 Å². The highest BCUT2D eigenvalue weighted by atomic mass is 16.4. The fourth-order valence-corrected chi connectivity index (χ4v) is 5.92. The minimum Gasteiger partial charge on any atom is -0.459 e. The van der Waals surface area contributed by atoms with E-state index in [4.69, 9.17) is 4.42 Å². The van der Waals surface area contributed by atoms with Crippen LogP contribution in [0.2, 0.25) is 0 Å². The zero-order valence-corrected chi connectivity index (χ0v) is 21.6. The second-order valence-corrected chi connectivity index (χ2v) is 9.95. The van der Waals surface area contributed by atoms with Gasteiger partial charge in [-0.3, -0.25) is 14.5 Å². The lowest BCUT2D eigenvalue weighted by Gasteiger charge is -2.36. The fourth-order valence-electron chi connectivity index (χ4n) is 5.92. The number of aliphatic hydroxyl groups excluding tert-OH is 3. The summed E-state index contributed by atoms with van der Waals surface area (Å²) in [5, 5.41) is 31.1. The lowest BCUT2D eigenvalue weighted by Crippen LogP contribution is -2.39. The van der Waals surface area contributed by atoms with Crippen molar-refractivity contribution in [2.45, 2.75) is 65.1 Å². The van der Waals surface area contributed by atoms with Crippen LogP contribution in [0.5, 0.6) is 0 Å². The molecule has 2 heterocycles. The SMILES string of the molecule is CCCC1=C([C@H](O)CC/C(=C/c2ccc(CO)o2)CC)[C@H](CO)[C@@H]2C(=O)N(c3ccccc3)C(=O)[C@@H]2C1. The van der Waals surface area contributed by atoms with Crippen LogP contribution < -0.4 is 4.90 Å². The van der Waals surface area contributed by atoms with Crippen LogP contribution in [0.4, 0.5) is 5.69 Å². The molecule has 2 amide bonds. The first-order chi connectivity index (χ1) is 17.9. The monoisotopic (exact) mass is 507 g/mol. The van der Waals surface area contributed by atoms with Crippen LogP contribution in [-0.2, 0) is 16.2 Å². The zero-order valence-electron chi connectivity index (χ0n) is 21.6. The molecule has 1 fully saturated rings. The Kier molecular flexibility index (Phi) is 8.79. The lowest BCUT2D eigenvalue weighted by atomic mass is 9.67. The van der Waals surface area contributed by atoms with Gasteiger partial charge in [0.25, 0.3) is 0 Å². The number of imide groups is 1. The minimum absolute atomic E-state index is 0.157. The van der Waals surface area contributed by atoms with Crippen molar-refractivity contribution in [1.82, 2.24) is 0 Å². The summed E-state index contributed by atoms with van der Waals surface area (Å²) in [5.74, 6) is -1.15. The minimum atomic E-state index is -0.826. The van der Waals surface area contributed by atoms with Crippen LogP contribution in [0.25, 0.3) is 6.08 Å². The molecule has 1 aliphatic carbocycles. The molecule has 2 aromatic rings. The molecule has 0 spiro atoms. The molecule has 4 atom stereocenters. The smallest absolute Gasteiger partial charge is 0.238 e. The van der Waals surface area contributed by atoms with E-state index in [9.17, 15) is 24.9 Å². The Hall–Kier alpha value is -3.00. The van der Waals surface area contributed by atoms with E-state index in [0.29, 0.717) is 42.9 Å². The third-order valence-corrected chi connectivity index (χ3v) is 7.68. The molecule has 37 heavy (non-hydrogen) atoms. The Morgan fingerprint density at radius 3 is 2.49 bits per heavy atom. The quantitative estimate of drug-likeness (QED) is 0.302. The third-order valence-electron chi connectivity index (χ3n) is 7.68. The molecule has 0 unspecified atom stereocenters. The number of furan rings is 1. The van der Waals surface area contributed by atoms with Crippen LogP contribution in [0, 0.1) is 17.8 Å². The number of amides is 2. The molecule has 1 aliphatic heterocycles. The number of para-hydroxylation sites is 1. The average Bonchev–Trinajstić information content (AvgIpc) is 3.47. The molecule has 3 N–H and O–H groups in total. The van der Waals surface area contributed by atoms with Crippen molar-refractivity contribution >= 4 is 23.6 Å². The van der Waals surface area contributed by atoms with Crippen LogP contribution in [0.1, 0.15) is 63.9 Å². The van der Waals surface area contributed by atoms with E-state index in [1.807, 2.05) is 25.1 Å². The Morgan fingerprint density at radius 1 is 1.11 bits per heavy atom. The zero-order chi connectivity index (χ0) is 26.5. The highest BCUT2D eigenvalue weighted by Gasteiger charge is 2.55. The lowest BCUT2D eigenvalue weighted by molar-refractivity contribution is -0.123. The van der Waals surface area contributed by atoms with Gasteiger partial charge in [0.2, 0.25) is 11.8 Å². The van der Waals surface area contributed by atoms with Crippen molar-refractivity contribution in [2.75, 3.05) is 11.5 Å². The van der Waals surface area contributed by atoms with E-state index < -0.39 is 23.9 Å². The number of benzene rings is 1. The fraction of sp³-hybridized carbons (Fsp3) is 0.467. The molecule has 0 bridgehead atoms. The van der Waals surface area contributed by atoms with Crippen molar-refractivity contribution in [3.8, 4) is 0 Å². The van der Waals surface area contributed by atoms with Crippen molar-refractivity contribution in [2.24, 2.45) is 17.8 Å². The Labute approximate surface area is 218 Å². The maximum atomic E-state index is 13.5. The van der Waals surface area contributed by atoms with Gasteiger partial charge in [0.1, 0.15) is 18.1 Å². The summed E-state index contributed by atoms with van der Waals surface area (Å²) in [7, 11) is 0. The Morgan fingerprint density at radius 2 is 1.86 bits per heavy atom. The first-order valence-corrected chi connectivity index (χ1v) is 13.3. The number of allylic oxidation sites excluding steroid dienone is 2. The predicted molar refractivity (Wildman–Crippen MR) is 141 cm³/mol. The maximum Gasteiger partial charge on any atom is 0.238 e. The Bertz CT molecular complexity index is 1160. The van der Waals surface area contributed by atoms with Gasteiger partial charge in [-0.25, -0.2) is 0 Å².